The number of urea groups is 1. The largest absolute Gasteiger partial charge is 0.351 e. The van der Waals surface area contributed by atoms with Crippen molar-refractivity contribution in [3.8, 4) is 0 Å². The molecule has 1 aliphatic heterocycles. The molecule has 98 valence electrons. The number of nitrogens with two attached hydrogens (primary N) is 1. The van der Waals surface area contributed by atoms with Gasteiger partial charge in [0.25, 0.3) is 5.91 Å². The number of primary amides is 1. The van der Waals surface area contributed by atoms with E-state index in [2.05, 4.69) is 5.32 Å². The molecule has 0 radical (unpaired) electrons. The van der Waals surface area contributed by atoms with Crippen molar-refractivity contribution in [2.24, 2.45) is 5.73 Å². The van der Waals surface area contributed by atoms with Crippen LogP contribution >= 0.6 is 11.3 Å². The van der Waals surface area contributed by atoms with E-state index in [-0.39, 0.29) is 11.9 Å². The third kappa shape index (κ3) is 2.26. The molecular formula is C13H13N3O2S. The molecular weight excluding hydrogens is 262 g/mol. The van der Waals surface area contributed by atoms with Gasteiger partial charge in [0.2, 0.25) is 0 Å². The molecule has 0 atom stereocenters. The molecule has 3 rings (SSSR count). The lowest BCUT2D eigenvalue weighted by atomic mass is 10.1. The Hall–Kier alpha value is -2.08. The van der Waals surface area contributed by atoms with Gasteiger partial charge >= 0.3 is 6.03 Å². The maximum atomic E-state index is 12.1. The Morgan fingerprint density at radius 2 is 2.05 bits per heavy atom. The zero-order valence-electron chi connectivity index (χ0n) is 10.1. The van der Waals surface area contributed by atoms with Crippen LogP contribution in [-0.4, -0.2) is 36.0 Å². The van der Waals surface area contributed by atoms with Crippen molar-refractivity contribution in [1.29, 1.82) is 0 Å². The number of hydrogen-bond acceptors (Lipinski definition) is 3. The first-order chi connectivity index (χ1) is 9.13. The second-order valence-electron chi connectivity index (χ2n) is 4.56. The highest BCUT2D eigenvalue weighted by atomic mass is 32.1. The quantitative estimate of drug-likeness (QED) is 0.869. The lowest BCUT2D eigenvalue weighted by Crippen LogP contribution is -2.62. The normalized spacial score (nSPS) is 15.3. The first-order valence-corrected chi connectivity index (χ1v) is 6.79. The van der Waals surface area contributed by atoms with E-state index in [4.69, 9.17) is 5.73 Å². The van der Waals surface area contributed by atoms with Crippen molar-refractivity contribution >= 4 is 33.4 Å². The van der Waals surface area contributed by atoms with Crippen LogP contribution in [0.5, 0.6) is 0 Å². The summed E-state index contributed by atoms with van der Waals surface area (Å²) in [6, 6.07) is 9.35. The summed E-state index contributed by atoms with van der Waals surface area (Å²) in [7, 11) is 0. The Morgan fingerprint density at radius 3 is 2.74 bits per heavy atom. The van der Waals surface area contributed by atoms with Gasteiger partial charge in [0, 0.05) is 17.8 Å². The molecule has 0 unspecified atom stereocenters. The van der Waals surface area contributed by atoms with Crippen molar-refractivity contribution < 1.29 is 9.59 Å². The van der Waals surface area contributed by atoms with Gasteiger partial charge in [-0.05, 0) is 17.5 Å². The fraction of sp³-hybridized carbons (Fsp3) is 0.231. The average molecular weight is 275 g/mol. The molecule has 0 aliphatic carbocycles. The van der Waals surface area contributed by atoms with E-state index >= 15 is 0 Å². The summed E-state index contributed by atoms with van der Waals surface area (Å²) in [6.07, 6.45) is 0. The van der Waals surface area contributed by atoms with Gasteiger partial charge in [-0.15, -0.1) is 11.3 Å². The minimum absolute atomic E-state index is 0.00483. The Kier molecular flexibility index (Phi) is 2.87. The number of carbonyl (C=O) groups is 2. The summed E-state index contributed by atoms with van der Waals surface area (Å²) in [5.74, 6) is -0.0877. The molecule has 3 N–H and O–H groups in total. The highest BCUT2D eigenvalue weighted by molar-refractivity contribution is 7.20. The van der Waals surface area contributed by atoms with Crippen molar-refractivity contribution in [2.45, 2.75) is 6.04 Å². The monoisotopic (exact) mass is 275 g/mol. The molecule has 1 aromatic heterocycles. The van der Waals surface area contributed by atoms with E-state index < -0.39 is 6.03 Å². The molecule has 1 saturated heterocycles. The Morgan fingerprint density at radius 1 is 1.32 bits per heavy atom. The van der Waals surface area contributed by atoms with E-state index in [9.17, 15) is 9.59 Å². The number of nitrogens with one attached hydrogen (secondary N) is 1. The summed E-state index contributed by atoms with van der Waals surface area (Å²) in [5, 5.41) is 3.97. The van der Waals surface area contributed by atoms with Gasteiger partial charge in [-0.1, -0.05) is 18.2 Å². The van der Waals surface area contributed by atoms with Crippen LogP contribution in [0.25, 0.3) is 10.1 Å². The van der Waals surface area contributed by atoms with Crippen LogP contribution in [-0.2, 0) is 0 Å². The summed E-state index contributed by atoms with van der Waals surface area (Å²) < 4.78 is 1.10. The van der Waals surface area contributed by atoms with Crippen LogP contribution in [0.1, 0.15) is 9.67 Å². The maximum absolute atomic E-state index is 12.1. The van der Waals surface area contributed by atoms with E-state index in [0.717, 1.165) is 10.1 Å². The first-order valence-electron chi connectivity index (χ1n) is 5.97. The molecule has 2 aromatic rings. The second-order valence-corrected chi connectivity index (χ2v) is 5.65. The maximum Gasteiger partial charge on any atom is 0.314 e. The molecule has 5 nitrogen and oxygen atoms in total. The molecule has 0 saturated carbocycles. The molecule has 1 fully saturated rings. The molecule has 0 spiro atoms. The van der Waals surface area contributed by atoms with Gasteiger partial charge in [-0.3, -0.25) is 4.79 Å². The van der Waals surface area contributed by atoms with Gasteiger partial charge < -0.3 is 16.0 Å². The third-order valence-corrected chi connectivity index (χ3v) is 4.29. The molecule has 0 bridgehead atoms. The van der Waals surface area contributed by atoms with E-state index in [1.807, 2.05) is 30.3 Å². The van der Waals surface area contributed by atoms with Gasteiger partial charge in [0.1, 0.15) is 0 Å². The second kappa shape index (κ2) is 4.55. The van der Waals surface area contributed by atoms with Crippen LogP contribution in [0.2, 0.25) is 0 Å². The summed E-state index contributed by atoms with van der Waals surface area (Å²) in [6.45, 7) is 0.984. The predicted octanol–water partition coefficient (Wildman–Crippen LogP) is 1.39. The zero-order valence-corrected chi connectivity index (χ0v) is 10.9. The average Bonchev–Trinajstić information content (AvgIpc) is 2.76. The van der Waals surface area contributed by atoms with Crippen molar-refractivity contribution in [3.63, 3.8) is 0 Å². The SMILES string of the molecule is NC(=O)N1CC(NC(=O)c2cc3ccccc3s2)C1. The number of nitrogens with zero attached hydrogens (tertiary/aromatic N) is 1. The van der Waals surface area contributed by atoms with Gasteiger partial charge in [0.05, 0.1) is 10.9 Å². The summed E-state index contributed by atoms with van der Waals surface area (Å²) >= 11 is 1.47. The molecule has 19 heavy (non-hydrogen) atoms. The lowest BCUT2D eigenvalue weighted by Gasteiger charge is -2.38. The number of carbonyl (C=O) groups excluding carboxylic acids is 2. The van der Waals surface area contributed by atoms with Crippen molar-refractivity contribution in [2.75, 3.05) is 13.1 Å². The van der Waals surface area contributed by atoms with E-state index in [0.29, 0.717) is 18.0 Å². The molecule has 2 heterocycles. The number of likely N-dealkylation sites (tertiary alicyclic amines) is 1. The Labute approximate surface area is 114 Å². The van der Waals surface area contributed by atoms with Gasteiger partial charge in [0.15, 0.2) is 0 Å². The van der Waals surface area contributed by atoms with Gasteiger partial charge in [-0.2, -0.15) is 0 Å². The fourth-order valence-electron chi connectivity index (χ4n) is 2.10. The van der Waals surface area contributed by atoms with Crippen LogP contribution in [0, 0.1) is 0 Å². The number of rotatable bonds is 2. The molecule has 3 amide bonds. The molecule has 1 aromatic carbocycles. The smallest absolute Gasteiger partial charge is 0.314 e. The van der Waals surface area contributed by atoms with Crippen molar-refractivity contribution in [3.05, 3.63) is 35.2 Å². The van der Waals surface area contributed by atoms with E-state index in [1.165, 1.54) is 16.2 Å². The Bertz CT molecular complexity index is 613. The fourth-order valence-corrected chi connectivity index (χ4v) is 3.07. The highest BCUT2D eigenvalue weighted by Crippen LogP contribution is 2.25. The van der Waals surface area contributed by atoms with Crippen LogP contribution in [0.3, 0.4) is 0 Å². The summed E-state index contributed by atoms with van der Waals surface area (Å²) in [4.78, 5) is 25.1. The standard InChI is InChI=1S/C13H13N3O2S/c14-13(18)16-6-9(7-16)15-12(17)11-5-8-3-1-2-4-10(8)19-11/h1-5,9H,6-7H2,(H2,14,18)(H,15,17). The van der Waals surface area contributed by atoms with Gasteiger partial charge in [-0.25, -0.2) is 4.79 Å². The number of amides is 3. The number of benzene rings is 1. The number of thiophene rings is 1. The minimum atomic E-state index is -0.438. The van der Waals surface area contributed by atoms with Crippen LogP contribution in [0.4, 0.5) is 4.79 Å². The lowest BCUT2D eigenvalue weighted by molar-refractivity contribution is 0.0865. The van der Waals surface area contributed by atoms with Crippen LogP contribution < -0.4 is 11.1 Å². The first kappa shape index (κ1) is 12.0. The van der Waals surface area contributed by atoms with E-state index in [1.54, 1.807) is 0 Å². The molecule has 6 heteroatoms. The van der Waals surface area contributed by atoms with Crippen LogP contribution in [0.15, 0.2) is 30.3 Å². The molecule has 1 aliphatic rings. The highest BCUT2D eigenvalue weighted by Gasteiger charge is 2.30. The van der Waals surface area contributed by atoms with Crippen molar-refractivity contribution in [1.82, 2.24) is 10.2 Å². The zero-order chi connectivity index (χ0) is 13.4. The summed E-state index contributed by atoms with van der Waals surface area (Å²) in [5.41, 5.74) is 5.13. The minimum Gasteiger partial charge on any atom is -0.351 e. The number of fused-ring (bicyclic) bond motifs is 1. The number of hydrogen-bond donors (Lipinski definition) is 2. The topological polar surface area (TPSA) is 75.4 Å². The third-order valence-electron chi connectivity index (χ3n) is 3.18. The Balaban J connectivity index is 1.66. The predicted molar refractivity (Wildman–Crippen MR) is 74.2 cm³/mol.